The Morgan fingerprint density at radius 2 is 0.947 bits per heavy atom. The highest BCUT2D eigenvalue weighted by molar-refractivity contribution is 7.93. The molecule has 18 heteroatoms. The first kappa shape index (κ1) is 30.3. The molecule has 0 unspecified atom stereocenters. The smallest absolute Gasteiger partial charge is 0.229 e. The quantitative estimate of drug-likeness (QED) is 0.404. The summed E-state index contributed by atoms with van der Waals surface area (Å²) in [5.41, 5.74) is 0. The molecule has 0 spiro atoms. The minimum Gasteiger partial charge on any atom is -0.229 e. The minimum atomic E-state index is -4.84. The third-order valence-electron chi connectivity index (χ3n) is 6.11. The zero-order valence-electron chi connectivity index (χ0n) is 19.2. The van der Waals surface area contributed by atoms with Gasteiger partial charge in [-0.3, -0.25) is 0 Å². The highest BCUT2D eigenvalue weighted by Crippen LogP contribution is 2.37. The lowest BCUT2D eigenvalue weighted by molar-refractivity contribution is 0.0888. The van der Waals surface area contributed by atoms with Gasteiger partial charge in [0.25, 0.3) is 20.0 Å². The van der Waals surface area contributed by atoms with Crippen LogP contribution in [0.5, 0.6) is 0 Å². The highest BCUT2D eigenvalue weighted by Gasteiger charge is 2.51. The summed E-state index contributed by atoms with van der Waals surface area (Å²) in [7, 11) is -17.1. The van der Waals surface area contributed by atoms with Gasteiger partial charge >= 0.3 is 0 Å². The van der Waals surface area contributed by atoms with Crippen molar-refractivity contribution < 1.29 is 33.7 Å². The molecule has 0 N–H and O–H groups in total. The molecule has 2 atom stereocenters. The van der Waals surface area contributed by atoms with Crippen molar-refractivity contribution in [2.45, 2.75) is 34.7 Å². The maximum Gasteiger partial charge on any atom is 0.257 e. The first-order valence-electron chi connectivity index (χ1n) is 10.8. The predicted octanol–water partition coefficient (Wildman–Crippen LogP) is 3.27. The molecule has 10 nitrogen and oxygen atoms in total. The Balaban J connectivity index is 1.99. The number of halogens is 4. The number of sulfone groups is 2. The Kier molecular flexibility index (Phi) is 8.46. The van der Waals surface area contributed by atoms with Gasteiger partial charge in [-0.15, -0.1) is 8.83 Å². The fourth-order valence-corrected chi connectivity index (χ4v) is 12.4. The Morgan fingerprint density at radius 3 is 1.21 bits per heavy atom. The van der Waals surface area contributed by atoms with Crippen LogP contribution < -0.4 is 0 Å². The molecule has 0 aromatic heterocycles. The molecule has 210 valence electrons. The number of nitrogens with zero attached hydrogens (tertiary/aromatic N) is 2. The Morgan fingerprint density at radius 1 is 0.605 bits per heavy atom. The molecule has 2 aliphatic heterocycles. The molecule has 4 rings (SSSR count). The SMILES string of the molecule is O=S1(=O)CC[C@@H](N(N([C@H]2CCS(=O)(=O)C2)S(=O)(=O)c2ccc(Cl)c(Cl)c2)S(=O)(=O)c2ccc(Cl)c(Cl)c2)C1. The van der Waals surface area contributed by atoms with E-state index < -0.39 is 84.6 Å². The van der Waals surface area contributed by atoms with E-state index in [4.69, 9.17) is 46.4 Å². The molecule has 2 heterocycles. The Hall–Kier alpha value is -0.680. The maximum absolute atomic E-state index is 14.1. The van der Waals surface area contributed by atoms with Gasteiger partial charge in [-0.1, -0.05) is 46.4 Å². The van der Waals surface area contributed by atoms with Gasteiger partial charge in [0, 0.05) is 0 Å². The van der Waals surface area contributed by atoms with Crippen molar-refractivity contribution in [1.82, 2.24) is 8.83 Å². The van der Waals surface area contributed by atoms with E-state index in [1.807, 2.05) is 0 Å². The molecule has 2 saturated heterocycles. The molecule has 0 bridgehead atoms. The third kappa shape index (κ3) is 5.99. The standard InChI is InChI=1S/C20H20Cl4N2O8S4/c21-17-3-1-15(9-19(17)23)37(31,32)25(13-5-7-35(27,28)11-13)26(14-6-8-36(29,30)12-14)38(33,34)16-2-4-18(22)20(24)10-16/h1-4,9-10,13-14H,5-8,11-12H2/t13-,14+. The number of hydrazine groups is 1. The van der Waals surface area contributed by atoms with Crippen LogP contribution in [-0.2, 0) is 39.7 Å². The van der Waals surface area contributed by atoms with Gasteiger partial charge in [-0.2, -0.15) is 0 Å². The third-order valence-corrected chi connectivity index (χ3v) is 14.8. The first-order valence-corrected chi connectivity index (χ1v) is 18.9. The summed E-state index contributed by atoms with van der Waals surface area (Å²) in [6.45, 7) is 0. The van der Waals surface area contributed by atoms with Crippen LogP contribution in [0.15, 0.2) is 46.2 Å². The molecule has 0 saturated carbocycles. The van der Waals surface area contributed by atoms with E-state index in [1.165, 1.54) is 12.1 Å². The van der Waals surface area contributed by atoms with Crippen molar-refractivity contribution in [3.63, 3.8) is 0 Å². The Bertz CT molecular complexity index is 1590. The molecule has 2 aromatic rings. The van der Waals surface area contributed by atoms with Crippen LogP contribution in [-0.4, -0.2) is 77.6 Å². The summed E-state index contributed by atoms with van der Waals surface area (Å²) in [5, 5.41) is -0.228. The number of hydrogen-bond acceptors (Lipinski definition) is 8. The summed E-state index contributed by atoms with van der Waals surface area (Å²) >= 11 is 24.0. The van der Waals surface area contributed by atoms with Crippen LogP contribution in [0.25, 0.3) is 0 Å². The molecule has 0 radical (unpaired) electrons. The summed E-state index contributed by atoms with van der Waals surface area (Å²) < 4.78 is 107. The van der Waals surface area contributed by atoms with Crippen LogP contribution in [0.2, 0.25) is 20.1 Å². The highest BCUT2D eigenvalue weighted by atomic mass is 35.5. The van der Waals surface area contributed by atoms with E-state index in [2.05, 4.69) is 0 Å². The van der Waals surface area contributed by atoms with Crippen molar-refractivity contribution in [2.24, 2.45) is 0 Å². The van der Waals surface area contributed by atoms with Crippen LogP contribution in [0.3, 0.4) is 0 Å². The number of benzene rings is 2. The van der Waals surface area contributed by atoms with Crippen LogP contribution in [0, 0.1) is 0 Å². The second-order valence-electron chi connectivity index (χ2n) is 8.82. The number of hydrogen-bond donors (Lipinski definition) is 0. The van der Waals surface area contributed by atoms with Gasteiger partial charge in [-0.05, 0) is 49.2 Å². The molecule has 2 aromatic carbocycles. The predicted molar refractivity (Wildman–Crippen MR) is 145 cm³/mol. The molecular weight excluding hydrogens is 666 g/mol. The number of rotatable bonds is 7. The average Bonchev–Trinajstić information content (AvgIpc) is 3.35. The lowest BCUT2D eigenvalue weighted by Crippen LogP contribution is -2.58. The van der Waals surface area contributed by atoms with Gasteiger partial charge in [0.2, 0.25) is 0 Å². The van der Waals surface area contributed by atoms with E-state index >= 15 is 0 Å². The van der Waals surface area contributed by atoms with Crippen molar-refractivity contribution in [1.29, 1.82) is 0 Å². The monoisotopic (exact) mass is 684 g/mol. The molecule has 2 fully saturated rings. The van der Waals surface area contributed by atoms with Crippen molar-refractivity contribution >= 4 is 86.1 Å². The normalized spacial score (nSPS) is 23.3. The fraction of sp³-hybridized carbons (Fsp3) is 0.400. The summed E-state index contributed by atoms with van der Waals surface area (Å²) in [6.07, 6.45) is -0.453. The zero-order valence-corrected chi connectivity index (χ0v) is 25.5. The average molecular weight is 686 g/mol. The van der Waals surface area contributed by atoms with Crippen molar-refractivity contribution in [3.05, 3.63) is 56.5 Å². The molecule has 0 amide bonds. The second-order valence-corrected chi connectivity index (χ2v) is 18.5. The Labute approximate surface area is 241 Å². The van der Waals surface area contributed by atoms with E-state index in [0.29, 0.717) is 8.83 Å². The second kappa shape index (κ2) is 10.6. The first-order chi connectivity index (χ1) is 17.4. The van der Waals surface area contributed by atoms with Gasteiger partial charge in [0.05, 0.1) is 65.0 Å². The van der Waals surface area contributed by atoms with E-state index in [1.54, 1.807) is 0 Å². The van der Waals surface area contributed by atoms with E-state index in [0.717, 1.165) is 24.3 Å². The number of sulfonamides is 2. The van der Waals surface area contributed by atoms with Crippen molar-refractivity contribution in [2.75, 3.05) is 23.0 Å². The summed E-state index contributed by atoms with van der Waals surface area (Å²) in [5.74, 6) is -2.15. The maximum atomic E-state index is 14.1. The summed E-state index contributed by atoms with van der Waals surface area (Å²) in [4.78, 5) is -0.933. The topological polar surface area (TPSA) is 143 Å². The van der Waals surface area contributed by atoms with Crippen LogP contribution in [0.4, 0.5) is 0 Å². The lowest BCUT2D eigenvalue weighted by Gasteiger charge is -2.39. The molecule has 0 aliphatic carbocycles. The van der Waals surface area contributed by atoms with Gasteiger partial charge in [0.15, 0.2) is 19.7 Å². The van der Waals surface area contributed by atoms with Gasteiger partial charge in [0.1, 0.15) is 0 Å². The molecule has 2 aliphatic rings. The molecular formula is C20H20Cl4N2O8S4. The lowest BCUT2D eigenvalue weighted by atomic mass is 10.2. The van der Waals surface area contributed by atoms with E-state index in [9.17, 15) is 33.7 Å². The fourth-order valence-electron chi connectivity index (χ4n) is 4.32. The van der Waals surface area contributed by atoms with Crippen LogP contribution >= 0.6 is 46.4 Å². The largest absolute Gasteiger partial charge is 0.257 e. The summed E-state index contributed by atoms with van der Waals surface area (Å²) in [6, 6.07) is 3.86. The minimum absolute atomic E-state index is 0.0304. The molecule has 38 heavy (non-hydrogen) atoms. The van der Waals surface area contributed by atoms with Crippen molar-refractivity contribution in [3.8, 4) is 0 Å². The van der Waals surface area contributed by atoms with Gasteiger partial charge in [-0.25, -0.2) is 33.7 Å². The van der Waals surface area contributed by atoms with E-state index in [-0.39, 0.29) is 32.9 Å². The van der Waals surface area contributed by atoms with Gasteiger partial charge < -0.3 is 0 Å². The zero-order chi connectivity index (χ0) is 28.3. The van der Waals surface area contributed by atoms with Crippen LogP contribution in [0.1, 0.15) is 12.8 Å².